The van der Waals surface area contributed by atoms with E-state index < -0.39 is 28.8 Å². The zero-order valence-electron chi connectivity index (χ0n) is 9.70. The second kappa shape index (κ2) is 4.81. The maximum Gasteiger partial charge on any atom is 0.339 e. The lowest BCUT2D eigenvalue weighted by atomic mass is 10.00. The third kappa shape index (κ3) is 2.40. The summed E-state index contributed by atoms with van der Waals surface area (Å²) >= 11 is 0. The number of hydrogen-bond donors (Lipinski definition) is 3. The zero-order chi connectivity index (χ0) is 14.0. The fourth-order valence-electron chi connectivity index (χ4n) is 1.68. The number of rotatable bonds is 3. The van der Waals surface area contributed by atoms with Gasteiger partial charge in [-0.3, -0.25) is 4.79 Å². The monoisotopic (exact) mass is 258 g/mol. The first-order valence-electron chi connectivity index (χ1n) is 5.39. The predicted octanol–water partition coefficient (Wildman–Crippen LogP) is 2.03. The van der Waals surface area contributed by atoms with Crippen molar-refractivity contribution in [2.75, 3.05) is 0 Å². The highest BCUT2D eigenvalue weighted by atomic mass is 16.4. The number of aromatic carboxylic acids is 1. The topological polar surface area (TPSA) is 94.8 Å². The molecule has 0 atom stereocenters. The first-order chi connectivity index (χ1) is 9.00. The van der Waals surface area contributed by atoms with E-state index in [-0.39, 0.29) is 5.56 Å². The van der Waals surface area contributed by atoms with E-state index in [0.29, 0.717) is 5.56 Å². The van der Waals surface area contributed by atoms with Crippen molar-refractivity contribution in [3.63, 3.8) is 0 Å². The molecule has 0 aliphatic rings. The summed E-state index contributed by atoms with van der Waals surface area (Å²) in [6, 6.07) is 9.95. The summed E-state index contributed by atoms with van der Waals surface area (Å²) in [5, 5.41) is 27.9. The number of carboxylic acids is 1. The smallest absolute Gasteiger partial charge is 0.339 e. The molecule has 2 aromatic rings. The van der Waals surface area contributed by atoms with Gasteiger partial charge >= 0.3 is 5.97 Å². The van der Waals surface area contributed by atoms with Gasteiger partial charge in [0.1, 0.15) is 17.1 Å². The standard InChI is InChI=1S/C14H10O5/c15-11-7-12(16)10(14(18)19)6-9(11)13(17)8-4-2-1-3-5-8/h1-7,15-16H,(H,18,19). The van der Waals surface area contributed by atoms with Gasteiger partial charge in [0, 0.05) is 11.6 Å². The Labute approximate surface area is 108 Å². The van der Waals surface area contributed by atoms with E-state index in [1.807, 2.05) is 0 Å². The zero-order valence-corrected chi connectivity index (χ0v) is 9.70. The summed E-state index contributed by atoms with van der Waals surface area (Å²) in [7, 11) is 0. The van der Waals surface area contributed by atoms with Gasteiger partial charge < -0.3 is 15.3 Å². The highest BCUT2D eigenvalue weighted by molar-refractivity contribution is 6.12. The summed E-state index contributed by atoms with van der Waals surface area (Å²) < 4.78 is 0. The van der Waals surface area contributed by atoms with Gasteiger partial charge in [-0.1, -0.05) is 30.3 Å². The van der Waals surface area contributed by atoms with Crippen molar-refractivity contribution in [1.82, 2.24) is 0 Å². The van der Waals surface area contributed by atoms with Crippen molar-refractivity contribution < 1.29 is 24.9 Å². The van der Waals surface area contributed by atoms with Gasteiger partial charge in [-0.2, -0.15) is 0 Å². The molecule has 0 aromatic heterocycles. The first kappa shape index (κ1) is 12.6. The molecule has 0 bridgehead atoms. The van der Waals surface area contributed by atoms with Crippen LogP contribution in [0.15, 0.2) is 42.5 Å². The van der Waals surface area contributed by atoms with Crippen LogP contribution in [-0.4, -0.2) is 27.1 Å². The second-order valence-corrected chi connectivity index (χ2v) is 3.89. The third-order valence-corrected chi connectivity index (χ3v) is 2.63. The SMILES string of the molecule is O=C(O)c1cc(C(=O)c2ccccc2)c(O)cc1O. The van der Waals surface area contributed by atoms with Crippen molar-refractivity contribution in [3.05, 3.63) is 59.2 Å². The molecule has 0 aliphatic carbocycles. The van der Waals surface area contributed by atoms with Crippen molar-refractivity contribution in [2.45, 2.75) is 0 Å². The maximum atomic E-state index is 12.1. The van der Waals surface area contributed by atoms with Crippen LogP contribution in [0.25, 0.3) is 0 Å². The number of carbonyl (C=O) groups is 2. The van der Waals surface area contributed by atoms with E-state index in [1.165, 1.54) is 0 Å². The van der Waals surface area contributed by atoms with Crippen molar-refractivity contribution in [3.8, 4) is 11.5 Å². The summed E-state index contributed by atoms with van der Waals surface area (Å²) in [6.07, 6.45) is 0. The van der Waals surface area contributed by atoms with E-state index in [1.54, 1.807) is 30.3 Å². The van der Waals surface area contributed by atoms with E-state index >= 15 is 0 Å². The van der Waals surface area contributed by atoms with Gasteiger partial charge in [-0.25, -0.2) is 4.79 Å². The van der Waals surface area contributed by atoms with Crippen LogP contribution in [0.2, 0.25) is 0 Å². The lowest BCUT2D eigenvalue weighted by Crippen LogP contribution is -2.05. The minimum absolute atomic E-state index is 0.165. The van der Waals surface area contributed by atoms with Crippen LogP contribution in [0.4, 0.5) is 0 Å². The van der Waals surface area contributed by atoms with Crippen molar-refractivity contribution in [2.24, 2.45) is 0 Å². The molecule has 0 fully saturated rings. The molecule has 5 nitrogen and oxygen atoms in total. The van der Waals surface area contributed by atoms with Gasteiger partial charge in [0.25, 0.3) is 0 Å². The van der Waals surface area contributed by atoms with Crippen LogP contribution in [0.5, 0.6) is 11.5 Å². The molecule has 0 unspecified atom stereocenters. The number of ketones is 1. The Morgan fingerprint density at radius 3 is 2.00 bits per heavy atom. The quantitative estimate of drug-likeness (QED) is 0.732. The third-order valence-electron chi connectivity index (χ3n) is 2.63. The maximum absolute atomic E-state index is 12.1. The Balaban J connectivity index is 2.54. The van der Waals surface area contributed by atoms with Gasteiger partial charge in [0.15, 0.2) is 5.78 Å². The van der Waals surface area contributed by atoms with E-state index in [0.717, 1.165) is 12.1 Å². The number of hydrogen-bond acceptors (Lipinski definition) is 4. The largest absolute Gasteiger partial charge is 0.507 e. The van der Waals surface area contributed by atoms with Gasteiger partial charge in [0.05, 0.1) is 5.56 Å². The lowest BCUT2D eigenvalue weighted by molar-refractivity contribution is 0.0693. The fraction of sp³-hybridized carbons (Fsp3) is 0. The van der Waals surface area contributed by atoms with Crippen molar-refractivity contribution in [1.29, 1.82) is 0 Å². The van der Waals surface area contributed by atoms with Crippen LogP contribution < -0.4 is 0 Å². The van der Waals surface area contributed by atoms with Crippen LogP contribution in [-0.2, 0) is 0 Å². The molecular weight excluding hydrogens is 248 g/mol. The number of phenolic OH excluding ortho intramolecular Hbond substituents is 1. The van der Waals surface area contributed by atoms with Gasteiger partial charge in [-0.05, 0) is 6.07 Å². The van der Waals surface area contributed by atoms with Gasteiger partial charge in [0.2, 0.25) is 0 Å². The Kier molecular flexibility index (Phi) is 3.20. The van der Waals surface area contributed by atoms with E-state index in [9.17, 15) is 19.8 Å². The molecule has 0 saturated carbocycles. The molecule has 0 saturated heterocycles. The lowest BCUT2D eigenvalue weighted by Gasteiger charge is -2.07. The molecule has 2 aromatic carbocycles. The Morgan fingerprint density at radius 2 is 1.42 bits per heavy atom. The summed E-state index contributed by atoms with van der Waals surface area (Å²) in [5.41, 5.74) is -0.279. The molecule has 0 radical (unpaired) electrons. The molecule has 2 rings (SSSR count). The van der Waals surface area contributed by atoms with Crippen LogP contribution >= 0.6 is 0 Å². The Bertz CT molecular complexity index is 646. The number of phenols is 2. The molecule has 0 heterocycles. The van der Waals surface area contributed by atoms with Crippen LogP contribution in [0.3, 0.4) is 0 Å². The molecule has 96 valence electrons. The van der Waals surface area contributed by atoms with Crippen molar-refractivity contribution >= 4 is 11.8 Å². The van der Waals surface area contributed by atoms with Crippen LogP contribution in [0, 0.1) is 0 Å². The number of benzene rings is 2. The number of carboxylic acid groups (broad SMARTS) is 1. The highest BCUT2D eigenvalue weighted by Crippen LogP contribution is 2.29. The molecule has 19 heavy (non-hydrogen) atoms. The average Bonchev–Trinajstić information content (AvgIpc) is 2.38. The number of aromatic hydroxyl groups is 2. The number of carbonyl (C=O) groups excluding carboxylic acids is 1. The Hall–Kier alpha value is -2.82. The Morgan fingerprint density at radius 1 is 0.842 bits per heavy atom. The summed E-state index contributed by atoms with van der Waals surface area (Å²) in [6.45, 7) is 0. The highest BCUT2D eigenvalue weighted by Gasteiger charge is 2.19. The van der Waals surface area contributed by atoms with E-state index in [4.69, 9.17) is 5.11 Å². The fourth-order valence-corrected chi connectivity index (χ4v) is 1.68. The average molecular weight is 258 g/mol. The normalized spacial score (nSPS) is 10.1. The molecule has 5 heteroatoms. The molecular formula is C14H10O5. The van der Waals surface area contributed by atoms with Crippen LogP contribution in [0.1, 0.15) is 26.3 Å². The van der Waals surface area contributed by atoms with E-state index in [2.05, 4.69) is 0 Å². The predicted molar refractivity (Wildman–Crippen MR) is 66.6 cm³/mol. The molecule has 0 spiro atoms. The minimum Gasteiger partial charge on any atom is -0.507 e. The summed E-state index contributed by atoms with van der Waals surface area (Å²) in [5.74, 6) is -2.94. The second-order valence-electron chi connectivity index (χ2n) is 3.89. The first-order valence-corrected chi connectivity index (χ1v) is 5.39. The molecule has 0 amide bonds. The van der Waals surface area contributed by atoms with Gasteiger partial charge in [-0.15, -0.1) is 0 Å². The molecule has 0 aliphatic heterocycles. The minimum atomic E-state index is -1.38. The molecule has 3 N–H and O–H groups in total. The summed E-state index contributed by atoms with van der Waals surface area (Å²) in [4.78, 5) is 23.0.